The summed E-state index contributed by atoms with van der Waals surface area (Å²) in [6, 6.07) is 13.5. The fraction of sp³-hybridized carbons (Fsp3) is 0.286. The molecule has 0 radical (unpaired) electrons. The zero-order valence-electron chi connectivity index (χ0n) is 16.0. The largest absolute Gasteiger partial charge is 0.493 e. The predicted octanol–water partition coefficient (Wildman–Crippen LogP) is 3.34. The molecule has 0 bridgehead atoms. The van der Waals surface area contributed by atoms with Gasteiger partial charge in [0.2, 0.25) is 11.7 Å². The van der Waals surface area contributed by atoms with Gasteiger partial charge in [0, 0.05) is 24.9 Å². The maximum atomic E-state index is 12.0. The van der Waals surface area contributed by atoms with Gasteiger partial charge in [0.1, 0.15) is 0 Å². The van der Waals surface area contributed by atoms with Crippen LogP contribution in [0.4, 0.5) is 5.69 Å². The second kappa shape index (κ2) is 10.8. The Balaban J connectivity index is 1.82. The number of hydrogen-bond acceptors (Lipinski definition) is 5. The van der Waals surface area contributed by atoms with Crippen LogP contribution in [0.2, 0.25) is 0 Å². The normalized spacial score (nSPS) is 10.5. The molecule has 0 aliphatic rings. The molecular weight excluding hydrogens is 344 g/mol. The smallest absolute Gasteiger partial charge is 0.244 e. The summed E-state index contributed by atoms with van der Waals surface area (Å²) >= 11 is 0. The van der Waals surface area contributed by atoms with Crippen LogP contribution in [0.15, 0.2) is 48.5 Å². The number of para-hydroxylation sites is 1. The molecule has 27 heavy (non-hydrogen) atoms. The number of methoxy groups -OCH3 is 3. The lowest BCUT2D eigenvalue weighted by atomic mass is 10.1. The summed E-state index contributed by atoms with van der Waals surface area (Å²) in [5, 5.41) is 6.17. The van der Waals surface area contributed by atoms with Gasteiger partial charge in [-0.1, -0.05) is 18.2 Å². The summed E-state index contributed by atoms with van der Waals surface area (Å²) in [4.78, 5) is 12.0. The summed E-state index contributed by atoms with van der Waals surface area (Å²) in [6.07, 6.45) is 4.03. The Morgan fingerprint density at radius 2 is 1.63 bits per heavy atom. The molecule has 2 aromatic rings. The number of carbonyl (C=O) groups is 1. The molecule has 6 heteroatoms. The number of hydrogen-bond donors (Lipinski definition) is 2. The first kappa shape index (κ1) is 20.2. The molecule has 0 heterocycles. The van der Waals surface area contributed by atoms with E-state index in [2.05, 4.69) is 10.6 Å². The predicted molar refractivity (Wildman–Crippen MR) is 108 cm³/mol. The number of rotatable bonds is 10. The van der Waals surface area contributed by atoms with E-state index in [1.54, 1.807) is 39.5 Å². The quantitative estimate of drug-likeness (QED) is 0.496. The molecule has 2 N–H and O–H groups in total. The van der Waals surface area contributed by atoms with Crippen molar-refractivity contribution >= 4 is 17.7 Å². The molecule has 0 saturated heterocycles. The Bertz CT molecular complexity index is 735. The lowest BCUT2D eigenvalue weighted by Gasteiger charge is -2.12. The minimum atomic E-state index is -0.150. The van der Waals surface area contributed by atoms with Crippen LogP contribution in [-0.2, 0) is 4.79 Å². The van der Waals surface area contributed by atoms with Gasteiger partial charge < -0.3 is 24.8 Å². The van der Waals surface area contributed by atoms with Crippen molar-refractivity contribution in [3.8, 4) is 17.2 Å². The van der Waals surface area contributed by atoms with Crippen LogP contribution in [0.1, 0.15) is 12.0 Å². The summed E-state index contributed by atoms with van der Waals surface area (Å²) in [7, 11) is 4.66. The lowest BCUT2D eigenvalue weighted by molar-refractivity contribution is -0.116. The first-order chi connectivity index (χ1) is 13.2. The van der Waals surface area contributed by atoms with E-state index in [4.69, 9.17) is 14.2 Å². The minimum absolute atomic E-state index is 0.150. The van der Waals surface area contributed by atoms with Gasteiger partial charge in [0.15, 0.2) is 11.5 Å². The monoisotopic (exact) mass is 370 g/mol. The Labute approximate surface area is 160 Å². The number of anilines is 1. The average Bonchev–Trinajstić information content (AvgIpc) is 2.71. The van der Waals surface area contributed by atoms with Gasteiger partial charge in [-0.15, -0.1) is 0 Å². The molecule has 0 saturated carbocycles. The van der Waals surface area contributed by atoms with Crippen molar-refractivity contribution in [1.29, 1.82) is 0 Å². The van der Waals surface area contributed by atoms with Crippen LogP contribution in [0.25, 0.3) is 6.08 Å². The van der Waals surface area contributed by atoms with Gasteiger partial charge in [-0.05, 0) is 42.3 Å². The van der Waals surface area contributed by atoms with Crippen LogP contribution in [-0.4, -0.2) is 40.3 Å². The third-order valence-corrected chi connectivity index (χ3v) is 3.87. The van der Waals surface area contributed by atoms with Crippen molar-refractivity contribution in [3.05, 3.63) is 54.1 Å². The van der Waals surface area contributed by atoms with Crippen molar-refractivity contribution in [2.24, 2.45) is 0 Å². The Kier molecular flexibility index (Phi) is 8.03. The van der Waals surface area contributed by atoms with Crippen LogP contribution >= 0.6 is 0 Å². The molecular formula is C21H26N2O4. The Morgan fingerprint density at radius 3 is 2.22 bits per heavy atom. The number of nitrogens with one attached hydrogen (secondary N) is 2. The van der Waals surface area contributed by atoms with E-state index in [-0.39, 0.29) is 5.91 Å². The molecule has 0 atom stereocenters. The van der Waals surface area contributed by atoms with Crippen molar-refractivity contribution < 1.29 is 19.0 Å². The van der Waals surface area contributed by atoms with E-state index < -0.39 is 0 Å². The third-order valence-electron chi connectivity index (χ3n) is 3.87. The van der Waals surface area contributed by atoms with Gasteiger partial charge in [0.25, 0.3) is 0 Å². The second-order valence-corrected chi connectivity index (χ2v) is 5.73. The van der Waals surface area contributed by atoms with E-state index in [1.165, 1.54) is 6.08 Å². The third kappa shape index (κ3) is 6.26. The number of ether oxygens (including phenoxy) is 3. The van der Waals surface area contributed by atoms with Crippen molar-refractivity contribution in [3.63, 3.8) is 0 Å². The zero-order valence-corrected chi connectivity index (χ0v) is 16.0. The molecule has 0 spiro atoms. The van der Waals surface area contributed by atoms with E-state index in [1.807, 2.05) is 30.3 Å². The molecule has 6 nitrogen and oxygen atoms in total. The molecule has 2 rings (SSSR count). The zero-order chi connectivity index (χ0) is 19.5. The molecule has 1 amide bonds. The summed E-state index contributed by atoms with van der Waals surface area (Å²) in [5.74, 6) is 1.46. The van der Waals surface area contributed by atoms with Gasteiger partial charge >= 0.3 is 0 Å². The highest BCUT2D eigenvalue weighted by Gasteiger charge is 2.12. The summed E-state index contributed by atoms with van der Waals surface area (Å²) < 4.78 is 15.9. The maximum Gasteiger partial charge on any atom is 0.244 e. The minimum Gasteiger partial charge on any atom is -0.493 e. The van der Waals surface area contributed by atoms with E-state index in [0.717, 1.165) is 24.2 Å². The number of carbonyl (C=O) groups excluding carboxylic acids is 1. The standard InChI is InChI=1S/C21H26N2O4/c1-25-18-14-16(15-19(26-2)21(18)27-3)10-11-20(24)23-13-7-12-22-17-8-5-4-6-9-17/h4-6,8-11,14-15,22H,7,12-13H2,1-3H3,(H,23,24). The molecule has 0 fully saturated rings. The molecule has 0 aliphatic carbocycles. The van der Waals surface area contributed by atoms with Crippen LogP contribution in [0.5, 0.6) is 17.2 Å². The molecule has 0 aliphatic heterocycles. The topological polar surface area (TPSA) is 68.8 Å². The van der Waals surface area contributed by atoms with Crippen LogP contribution in [0, 0.1) is 0 Å². The van der Waals surface area contributed by atoms with Crippen LogP contribution in [0.3, 0.4) is 0 Å². The molecule has 0 aromatic heterocycles. The van der Waals surface area contributed by atoms with Crippen LogP contribution < -0.4 is 24.8 Å². The van der Waals surface area contributed by atoms with E-state index in [9.17, 15) is 4.79 Å². The highest BCUT2D eigenvalue weighted by molar-refractivity contribution is 5.91. The van der Waals surface area contributed by atoms with Crippen molar-refractivity contribution in [2.45, 2.75) is 6.42 Å². The van der Waals surface area contributed by atoms with Gasteiger partial charge in [-0.2, -0.15) is 0 Å². The Hall–Kier alpha value is -3.15. The average molecular weight is 370 g/mol. The second-order valence-electron chi connectivity index (χ2n) is 5.73. The van der Waals surface area contributed by atoms with E-state index in [0.29, 0.717) is 23.8 Å². The Morgan fingerprint density at radius 1 is 0.963 bits per heavy atom. The van der Waals surface area contributed by atoms with Gasteiger partial charge in [-0.3, -0.25) is 4.79 Å². The molecule has 2 aromatic carbocycles. The van der Waals surface area contributed by atoms with Crippen molar-refractivity contribution in [1.82, 2.24) is 5.32 Å². The fourth-order valence-corrected chi connectivity index (χ4v) is 2.52. The maximum absolute atomic E-state index is 12.0. The van der Waals surface area contributed by atoms with Gasteiger partial charge in [-0.25, -0.2) is 0 Å². The highest BCUT2D eigenvalue weighted by Crippen LogP contribution is 2.38. The number of amides is 1. The summed E-state index contributed by atoms with van der Waals surface area (Å²) in [5.41, 5.74) is 1.86. The van der Waals surface area contributed by atoms with Crippen molar-refractivity contribution in [2.75, 3.05) is 39.7 Å². The lowest BCUT2D eigenvalue weighted by Crippen LogP contribution is -2.23. The number of benzene rings is 2. The fourth-order valence-electron chi connectivity index (χ4n) is 2.52. The first-order valence-corrected chi connectivity index (χ1v) is 8.72. The molecule has 144 valence electrons. The SMILES string of the molecule is COc1cc(C=CC(=O)NCCCNc2ccccc2)cc(OC)c1OC. The summed E-state index contributed by atoms with van der Waals surface area (Å²) in [6.45, 7) is 1.39. The molecule has 0 unspecified atom stereocenters. The van der Waals surface area contributed by atoms with Gasteiger partial charge in [0.05, 0.1) is 21.3 Å². The highest BCUT2D eigenvalue weighted by atomic mass is 16.5. The first-order valence-electron chi connectivity index (χ1n) is 8.72. The van der Waals surface area contributed by atoms with E-state index >= 15 is 0 Å².